The van der Waals surface area contributed by atoms with Gasteiger partial charge in [-0.05, 0) is 36.4 Å². The van der Waals surface area contributed by atoms with E-state index in [4.69, 9.17) is 16.3 Å². The molecule has 2 amide bonds. The molecule has 30 heavy (non-hydrogen) atoms. The number of sulfone groups is 1. The molecule has 0 spiro atoms. The Hall–Kier alpha value is -2.23. The van der Waals surface area contributed by atoms with Gasteiger partial charge in [0.1, 0.15) is 5.75 Å². The van der Waals surface area contributed by atoms with Gasteiger partial charge in [-0.15, -0.1) is 11.8 Å². The number of carbonyl (C=O) groups is 2. The summed E-state index contributed by atoms with van der Waals surface area (Å²) in [6.07, 6.45) is 0.369. The Labute approximate surface area is 184 Å². The molecule has 0 radical (unpaired) electrons. The number of benzene rings is 2. The maximum absolute atomic E-state index is 12.9. The van der Waals surface area contributed by atoms with Gasteiger partial charge in [-0.2, -0.15) is 0 Å². The third-order valence-electron chi connectivity index (χ3n) is 4.51. The zero-order valence-electron chi connectivity index (χ0n) is 16.4. The molecule has 1 heterocycles. The van der Waals surface area contributed by atoms with Crippen molar-refractivity contribution in [3.8, 4) is 5.75 Å². The summed E-state index contributed by atoms with van der Waals surface area (Å²) < 4.78 is 30.8. The van der Waals surface area contributed by atoms with E-state index in [0.717, 1.165) is 4.90 Å². The molecular formula is C20H21ClN2O5S2. The zero-order chi connectivity index (χ0) is 21.9. The maximum atomic E-state index is 12.9. The van der Waals surface area contributed by atoms with Crippen LogP contribution >= 0.6 is 23.4 Å². The van der Waals surface area contributed by atoms with Crippen LogP contribution in [0, 0.1) is 5.92 Å². The van der Waals surface area contributed by atoms with Gasteiger partial charge >= 0.3 is 0 Å². The molecule has 2 aromatic carbocycles. The first-order valence-electron chi connectivity index (χ1n) is 9.13. The molecule has 2 aromatic rings. The number of fused-ring (bicyclic) bond motifs is 1. The fourth-order valence-corrected chi connectivity index (χ4v) is 5.67. The fraction of sp³-hybridized carbons (Fsp3) is 0.300. The predicted octanol–water partition coefficient (Wildman–Crippen LogP) is 3.83. The van der Waals surface area contributed by atoms with Gasteiger partial charge in [-0.3, -0.25) is 9.59 Å². The van der Waals surface area contributed by atoms with E-state index in [1.165, 1.54) is 37.1 Å². The molecule has 1 aliphatic rings. The summed E-state index contributed by atoms with van der Waals surface area (Å²) in [4.78, 5) is 25.2. The molecule has 0 saturated carbocycles. The largest absolute Gasteiger partial charge is 0.495 e. The molecule has 0 bridgehead atoms. The molecule has 3 rings (SSSR count). The molecule has 0 unspecified atom stereocenters. The summed E-state index contributed by atoms with van der Waals surface area (Å²) in [7, 11) is -2.26. The molecule has 0 saturated heterocycles. The van der Waals surface area contributed by atoms with E-state index >= 15 is 0 Å². The average molecular weight is 469 g/mol. The lowest BCUT2D eigenvalue weighted by atomic mass is 10.2. The number of ether oxygens (including phenoxy) is 1. The van der Waals surface area contributed by atoms with Gasteiger partial charge in [0.25, 0.3) is 0 Å². The number of methoxy groups -OCH3 is 1. The molecule has 7 nitrogen and oxygen atoms in total. The van der Waals surface area contributed by atoms with Crippen molar-refractivity contribution < 1.29 is 22.7 Å². The summed E-state index contributed by atoms with van der Waals surface area (Å²) >= 11 is 7.55. The van der Waals surface area contributed by atoms with Gasteiger partial charge in [-0.25, -0.2) is 8.42 Å². The second-order valence-corrected chi connectivity index (χ2v) is 10.4. The summed E-state index contributed by atoms with van der Waals surface area (Å²) in [6, 6.07) is 9.41. The number of rotatable bonds is 6. The Morgan fingerprint density at radius 1 is 1.30 bits per heavy atom. The number of thioether (sulfide) groups is 1. The summed E-state index contributed by atoms with van der Waals surface area (Å²) in [5.74, 6) is -0.669. The molecular weight excluding hydrogens is 448 g/mol. The SMILES string of the molecule is COc1ccc(NC(=O)[C@H](C)CS(=O)(=O)c2ccc3c(c2)NC(=O)CCS3)cc1Cl. The third-order valence-corrected chi connectivity index (χ3v) is 7.79. The van der Waals surface area contributed by atoms with Crippen LogP contribution in [0.5, 0.6) is 5.75 Å². The van der Waals surface area contributed by atoms with Crippen LogP contribution in [0.25, 0.3) is 0 Å². The van der Waals surface area contributed by atoms with E-state index in [1.54, 1.807) is 25.1 Å². The molecule has 10 heteroatoms. The number of hydrogen-bond donors (Lipinski definition) is 2. The van der Waals surface area contributed by atoms with Gasteiger partial charge in [-0.1, -0.05) is 18.5 Å². The van der Waals surface area contributed by atoms with E-state index < -0.39 is 21.7 Å². The Bertz CT molecular complexity index is 1090. The highest BCUT2D eigenvalue weighted by atomic mass is 35.5. The molecule has 1 aliphatic heterocycles. The van der Waals surface area contributed by atoms with Crippen LogP contribution in [0.1, 0.15) is 13.3 Å². The Morgan fingerprint density at radius 3 is 2.77 bits per heavy atom. The molecule has 1 atom stereocenters. The van der Waals surface area contributed by atoms with Crippen LogP contribution in [-0.2, 0) is 19.4 Å². The van der Waals surface area contributed by atoms with Crippen molar-refractivity contribution in [1.82, 2.24) is 0 Å². The second-order valence-electron chi connectivity index (χ2n) is 6.83. The van der Waals surface area contributed by atoms with Crippen LogP contribution in [0.2, 0.25) is 5.02 Å². The topological polar surface area (TPSA) is 102 Å². The Morgan fingerprint density at radius 2 is 2.07 bits per heavy atom. The average Bonchev–Trinajstić information content (AvgIpc) is 2.87. The normalized spacial score (nSPS) is 14.8. The predicted molar refractivity (Wildman–Crippen MR) is 118 cm³/mol. The summed E-state index contributed by atoms with van der Waals surface area (Å²) in [6.45, 7) is 1.54. The number of nitrogens with one attached hydrogen (secondary N) is 2. The lowest BCUT2D eigenvalue weighted by Crippen LogP contribution is -2.27. The molecule has 0 aliphatic carbocycles. The van der Waals surface area contributed by atoms with Crippen molar-refractivity contribution in [2.75, 3.05) is 29.2 Å². The summed E-state index contributed by atoms with van der Waals surface area (Å²) in [5.41, 5.74) is 0.924. The minimum absolute atomic E-state index is 0.0659. The second kappa shape index (κ2) is 9.28. The van der Waals surface area contributed by atoms with E-state index in [-0.39, 0.29) is 16.6 Å². The number of halogens is 1. The quantitative estimate of drug-likeness (QED) is 0.668. The molecule has 2 N–H and O–H groups in total. The maximum Gasteiger partial charge on any atom is 0.228 e. The van der Waals surface area contributed by atoms with Gasteiger partial charge in [0.2, 0.25) is 11.8 Å². The van der Waals surface area contributed by atoms with Crippen molar-refractivity contribution in [2.24, 2.45) is 5.92 Å². The molecule has 0 aromatic heterocycles. The van der Waals surface area contributed by atoms with Crippen LogP contribution in [0.15, 0.2) is 46.2 Å². The van der Waals surface area contributed by atoms with Crippen LogP contribution in [0.4, 0.5) is 11.4 Å². The zero-order valence-corrected chi connectivity index (χ0v) is 18.8. The van der Waals surface area contributed by atoms with Gasteiger partial charge in [0, 0.05) is 28.7 Å². The van der Waals surface area contributed by atoms with Crippen LogP contribution in [0.3, 0.4) is 0 Å². The van der Waals surface area contributed by atoms with Gasteiger partial charge < -0.3 is 15.4 Å². The van der Waals surface area contributed by atoms with Crippen molar-refractivity contribution in [1.29, 1.82) is 0 Å². The lowest BCUT2D eigenvalue weighted by Gasteiger charge is -2.15. The monoisotopic (exact) mass is 468 g/mol. The Kier molecular flexibility index (Phi) is 6.95. The highest BCUT2D eigenvalue weighted by Gasteiger charge is 2.25. The van der Waals surface area contributed by atoms with Crippen molar-refractivity contribution in [3.05, 3.63) is 41.4 Å². The third kappa shape index (κ3) is 5.27. The highest BCUT2D eigenvalue weighted by Crippen LogP contribution is 2.33. The van der Waals surface area contributed by atoms with Crippen LogP contribution < -0.4 is 15.4 Å². The fourth-order valence-electron chi connectivity index (χ4n) is 2.90. The van der Waals surface area contributed by atoms with E-state index in [2.05, 4.69) is 10.6 Å². The van der Waals surface area contributed by atoms with Gasteiger partial charge in [0.15, 0.2) is 9.84 Å². The minimum atomic E-state index is -3.75. The number of amides is 2. The minimum Gasteiger partial charge on any atom is -0.495 e. The number of hydrogen-bond acceptors (Lipinski definition) is 6. The Balaban J connectivity index is 1.72. The van der Waals surface area contributed by atoms with E-state index in [9.17, 15) is 18.0 Å². The van der Waals surface area contributed by atoms with E-state index in [1.807, 2.05) is 0 Å². The van der Waals surface area contributed by atoms with Gasteiger partial charge in [0.05, 0.1) is 28.5 Å². The number of anilines is 2. The first-order valence-corrected chi connectivity index (χ1v) is 12.1. The van der Waals surface area contributed by atoms with E-state index in [0.29, 0.717) is 34.3 Å². The highest BCUT2D eigenvalue weighted by molar-refractivity contribution is 7.99. The van der Waals surface area contributed by atoms with Crippen molar-refractivity contribution in [2.45, 2.75) is 23.1 Å². The van der Waals surface area contributed by atoms with Crippen molar-refractivity contribution >= 4 is 56.4 Å². The first kappa shape index (κ1) is 22.5. The molecule has 160 valence electrons. The smallest absolute Gasteiger partial charge is 0.228 e. The van der Waals surface area contributed by atoms with Crippen LogP contribution in [-0.4, -0.2) is 38.8 Å². The van der Waals surface area contributed by atoms with Crippen molar-refractivity contribution in [3.63, 3.8) is 0 Å². The standard InChI is InChI=1S/C20H21ClN2O5S2/c1-12(20(25)22-13-3-5-17(28-2)15(21)9-13)11-30(26,27)14-4-6-18-16(10-14)23-19(24)7-8-29-18/h3-6,9-10,12H,7-8,11H2,1-2H3,(H,22,25)(H,23,24)/t12-/m1/s1. The number of carbonyl (C=O) groups excluding carboxylic acids is 2. The summed E-state index contributed by atoms with van der Waals surface area (Å²) in [5, 5.41) is 5.73. The first-order chi connectivity index (χ1) is 14.2. The lowest BCUT2D eigenvalue weighted by molar-refractivity contribution is -0.119. The molecule has 0 fully saturated rings.